The average Bonchev–Trinajstić information content (AvgIpc) is 2.81. The van der Waals surface area contributed by atoms with Gasteiger partial charge in [-0.2, -0.15) is 0 Å². The summed E-state index contributed by atoms with van der Waals surface area (Å²) in [5.41, 5.74) is 2.54. The molecule has 1 N–H and O–H groups in total. The summed E-state index contributed by atoms with van der Waals surface area (Å²) in [6.45, 7) is 0.962. The number of carbonyl (C=O) groups is 1. The standard InChI is InChI=1S/C26H27ClF3N3O4/c1-31(2)15-19-13-22(27)24(34)33(12-11-17-7-9-18(10-8-17)25(35)36)23(19)16-32(3)20-5-4-6-21(14-20)37-26(28,29)30/h4-10,13-14H,11-12,15-16H2,1-3H3,(H,35,36). The van der Waals surface area contributed by atoms with E-state index in [0.29, 0.717) is 24.3 Å². The summed E-state index contributed by atoms with van der Waals surface area (Å²) < 4.78 is 43.7. The van der Waals surface area contributed by atoms with Crippen LogP contribution in [0.5, 0.6) is 5.75 Å². The number of ether oxygens (including phenoxy) is 1. The number of aryl methyl sites for hydroxylation is 1. The third-order valence-electron chi connectivity index (χ3n) is 5.64. The maximum atomic E-state index is 13.1. The minimum atomic E-state index is -4.81. The van der Waals surface area contributed by atoms with E-state index in [1.54, 1.807) is 40.8 Å². The van der Waals surface area contributed by atoms with E-state index in [4.69, 9.17) is 16.7 Å². The highest BCUT2D eigenvalue weighted by Crippen LogP contribution is 2.27. The Labute approximate surface area is 217 Å². The zero-order chi connectivity index (χ0) is 27.3. The number of alkyl halides is 3. The number of carboxylic acids is 1. The van der Waals surface area contributed by atoms with Crippen LogP contribution in [0.4, 0.5) is 18.9 Å². The fraction of sp³-hybridized carbons (Fsp3) is 0.308. The lowest BCUT2D eigenvalue weighted by Gasteiger charge is -2.26. The summed E-state index contributed by atoms with van der Waals surface area (Å²) in [5, 5.41) is 9.17. The molecule has 0 unspecified atom stereocenters. The Morgan fingerprint density at radius 3 is 2.32 bits per heavy atom. The Balaban J connectivity index is 1.95. The van der Waals surface area contributed by atoms with Crippen LogP contribution in [0, 0.1) is 0 Å². The molecule has 1 aromatic heterocycles. The van der Waals surface area contributed by atoms with Gasteiger partial charge in [0.05, 0.1) is 12.1 Å². The van der Waals surface area contributed by atoms with Crippen molar-refractivity contribution in [3.63, 3.8) is 0 Å². The van der Waals surface area contributed by atoms with E-state index < -0.39 is 12.3 Å². The second-order valence-electron chi connectivity index (χ2n) is 8.81. The van der Waals surface area contributed by atoms with E-state index in [1.807, 2.05) is 19.0 Å². The van der Waals surface area contributed by atoms with Crippen LogP contribution in [0.1, 0.15) is 27.2 Å². The summed E-state index contributed by atoms with van der Waals surface area (Å²) in [4.78, 5) is 27.9. The number of anilines is 1. The summed E-state index contributed by atoms with van der Waals surface area (Å²) in [6, 6.07) is 13.6. The van der Waals surface area contributed by atoms with Gasteiger partial charge in [-0.1, -0.05) is 29.8 Å². The molecule has 0 saturated carbocycles. The van der Waals surface area contributed by atoms with Crippen molar-refractivity contribution in [2.24, 2.45) is 0 Å². The molecule has 2 aromatic carbocycles. The number of halogens is 4. The largest absolute Gasteiger partial charge is 0.573 e. The van der Waals surface area contributed by atoms with E-state index in [0.717, 1.165) is 11.1 Å². The Hall–Kier alpha value is -3.50. The molecule has 0 bridgehead atoms. The molecule has 0 spiro atoms. The van der Waals surface area contributed by atoms with Crippen LogP contribution in [0.15, 0.2) is 59.4 Å². The van der Waals surface area contributed by atoms with Crippen molar-refractivity contribution in [3.8, 4) is 5.75 Å². The molecule has 3 rings (SSSR count). The summed E-state index contributed by atoms with van der Waals surface area (Å²) in [5.74, 6) is -1.37. The monoisotopic (exact) mass is 537 g/mol. The minimum absolute atomic E-state index is 0.0602. The molecule has 0 atom stereocenters. The van der Waals surface area contributed by atoms with Crippen LogP contribution in [0.25, 0.3) is 0 Å². The van der Waals surface area contributed by atoms with Gasteiger partial charge in [-0.3, -0.25) is 4.79 Å². The number of pyridine rings is 1. The molecule has 37 heavy (non-hydrogen) atoms. The van der Waals surface area contributed by atoms with Crippen molar-refractivity contribution in [2.45, 2.75) is 32.4 Å². The van der Waals surface area contributed by atoms with Gasteiger partial charge in [0.2, 0.25) is 0 Å². The second kappa shape index (κ2) is 11.7. The van der Waals surface area contributed by atoms with Gasteiger partial charge in [0.25, 0.3) is 5.56 Å². The van der Waals surface area contributed by atoms with Crippen molar-refractivity contribution in [1.29, 1.82) is 0 Å². The molecule has 0 amide bonds. The molecule has 0 fully saturated rings. The van der Waals surface area contributed by atoms with E-state index >= 15 is 0 Å². The van der Waals surface area contributed by atoms with Gasteiger partial charge < -0.3 is 24.2 Å². The Bertz CT molecular complexity index is 1310. The lowest BCUT2D eigenvalue weighted by atomic mass is 10.1. The van der Waals surface area contributed by atoms with Gasteiger partial charge in [-0.25, -0.2) is 4.79 Å². The Morgan fingerprint density at radius 1 is 1.05 bits per heavy atom. The number of carboxylic acid groups (broad SMARTS) is 1. The molecule has 11 heteroatoms. The van der Waals surface area contributed by atoms with Gasteiger partial charge in [-0.05, 0) is 62.0 Å². The maximum absolute atomic E-state index is 13.1. The van der Waals surface area contributed by atoms with Crippen molar-refractivity contribution in [2.75, 3.05) is 26.0 Å². The third-order valence-corrected chi connectivity index (χ3v) is 5.91. The molecular weight excluding hydrogens is 511 g/mol. The maximum Gasteiger partial charge on any atom is 0.573 e. The Kier molecular flexibility index (Phi) is 8.88. The second-order valence-corrected chi connectivity index (χ2v) is 9.22. The molecule has 0 radical (unpaired) electrons. The summed E-state index contributed by atoms with van der Waals surface area (Å²) in [6.07, 6.45) is -4.37. The number of rotatable bonds is 10. The number of aromatic nitrogens is 1. The fourth-order valence-corrected chi connectivity index (χ4v) is 4.15. The van der Waals surface area contributed by atoms with Gasteiger partial charge in [-0.15, -0.1) is 13.2 Å². The minimum Gasteiger partial charge on any atom is -0.478 e. The number of hydrogen-bond donors (Lipinski definition) is 1. The van der Waals surface area contributed by atoms with Crippen LogP contribution in [0.3, 0.4) is 0 Å². The zero-order valence-electron chi connectivity index (χ0n) is 20.6. The summed E-state index contributed by atoms with van der Waals surface area (Å²) in [7, 11) is 5.46. The first kappa shape index (κ1) is 28.1. The first-order valence-electron chi connectivity index (χ1n) is 11.3. The molecule has 0 aliphatic carbocycles. The predicted octanol–water partition coefficient (Wildman–Crippen LogP) is 5.04. The highest BCUT2D eigenvalue weighted by molar-refractivity contribution is 6.30. The first-order valence-corrected chi connectivity index (χ1v) is 11.7. The first-order chi connectivity index (χ1) is 17.3. The molecular formula is C26H27ClF3N3O4. The lowest BCUT2D eigenvalue weighted by Crippen LogP contribution is -2.31. The van der Waals surface area contributed by atoms with E-state index in [9.17, 15) is 22.8 Å². The highest BCUT2D eigenvalue weighted by Gasteiger charge is 2.31. The van der Waals surface area contributed by atoms with Gasteiger partial charge in [0.1, 0.15) is 10.8 Å². The molecule has 3 aromatic rings. The predicted molar refractivity (Wildman–Crippen MR) is 135 cm³/mol. The molecule has 198 valence electrons. The van der Waals surface area contributed by atoms with Crippen LogP contribution in [0.2, 0.25) is 5.02 Å². The smallest absolute Gasteiger partial charge is 0.478 e. The topological polar surface area (TPSA) is 75.0 Å². The van der Waals surface area contributed by atoms with E-state index in [2.05, 4.69) is 4.74 Å². The lowest BCUT2D eigenvalue weighted by molar-refractivity contribution is -0.274. The molecule has 0 aliphatic rings. The molecule has 7 nitrogen and oxygen atoms in total. The molecule has 0 aliphatic heterocycles. The molecule has 1 heterocycles. The van der Waals surface area contributed by atoms with Gasteiger partial charge in [0.15, 0.2) is 0 Å². The van der Waals surface area contributed by atoms with E-state index in [-0.39, 0.29) is 35.0 Å². The van der Waals surface area contributed by atoms with Gasteiger partial charge in [0, 0.05) is 37.6 Å². The fourth-order valence-electron chi connectivity index (χ4n) is 3.91. The van der Waals surface area contributed by atoms with Crippen LogP contribution >= 0.6 is 11.6 Å². The van der Waals surface area contributed by atoms with Crippen molar-refractivity contribution >= 4 is 23.3 Å². The SMILES string of the molecule is CN(C)Cc1cc(Cl)c(=O)n(CCc2ccc(C(=O)O)cc2)c1CN(C)c1cccc(OC(F)(F)F)c1. The van der Waals surface area contributed by atoms with E-state index in [1.165, 1.54) is 30.3 Å². The van der Waals surface area contributed by atoms with Crippen LogP contribution < -0.4 is 15.2 Å². The number of aromatic carboxylic acids is 1. The van der Waals surface area contributed by atoms with Crippen LogP contribution in [-0.2, 0) is 26.1 Å². The van der Waals surface area contributed by atoms with Crippen molar-refractivity contribution < 1.29 is 27.8 Å². The average molecular weight is 538 g/mol. The van der Waals surface area contributed by atoms with Gasteiger partial charge >= 0.3 is 12.3 Å². The summed E-state index contributed by atoms with van der Waals surface area (Å²) >= 11 is 6.29. The van der Waals surface area contributed by atoms with Crippen LogP contribution in [-0.4, -0.2) is 48.0 Å². The quantitative estimate of drug-likeness (QED) is 0.390. The highest BCUT2D eigenvalue weighted by atomic mass is 35.5. The molecule has 0 saturated heterocycles. The number of hydrogen-bond acceptors (Lipinski definition) is 5. The Morgan fingerprint density at radius 2 is 1.73 bits per heavy atom. The third kappa shape index (κ3) is 7.74. The zero-order valence-corrected chi connectivity index (χ0v) is 21.3. The number of benzene rings is 2. The van der Waals surface area contributed by atoms with Crippen molar-refractivity contribution in [3.05, 3.63) is 92.4 Å². The number of nitrogens with zero attached hydrogens (tertiary/aromatic N) is 3. The van der Waals surface area contributed by atoms with Crippen molar-refractivity contribution in [1.82, 2.24) is 9.47 Å². The normalized spacial score (nSPS) is 11.6.